The summed E-state index contributed by atoms with van der Waals surface area (Å²) in [7, 11) is 2.90. The molecule has 0 aliphatic carbocycles. The first-order valence-corrected chi connectivity index (χ1v) is 10.5. The zero-order valence-electron chi connectivity index (χ0n) is 15.6. The molecule has 0 saturated carbocycles. The lowest BCUT2D eigenvalue weighted by Gasteiger charge is -2.13. The standard InChI is InChI=1S/C20H15ClINO5S/c1-10(24)28-18-16(26-2)7-11(8-17(18)27-3)6-15-20(25)29-19(23-15)13-9-12(22)4-5-14(13)21/h4-9H,1-3H3/b15-6+. The number of carbonyl (C=O) groups is 2. The van der Waals surface area contributed by atoms with E-state index in [4.69, 9.17) is 25.8 Å². The smallest absolute Gasteiger partial charge is 0.308 e. The summed E-state index contributed by atoms with van der Waals surface area (Å²) in [6.07, 6.45) is 1.62. The molecule has 0 amide bonds. The second-order valence-electron chi connectivity index (χ2n) is 5.81. The first kappa shape index (κ1) is 21.7. The predicted octanol–water partition coefficient (Wildman–Crippen LogP) is 4.95. The monoisotopic (exact) mass is 543 g/mol. The predicted molar refractivity (Wildman–Crippen MR) is 122 cm³/mol. The van der Waals surface area contributed by atoms with Gasteiger partial charge in [-0.15, -0.1) is 0 Å². The molecule has 0 radical (unpaired) electrons. The topological polar surface area (TPSA) is 74.2 Å². The van der Waals surface area contributed by atoms with Crippen molar-refractivity contribution in [3.8, 4) is 17.2 Å². The molecule has 0 atom stereocenters. The van der Waals surface area contributed by atoms with Gasteiger partial charge in [0.25, 0.3) is 0 Å². The van der Waals surface area contributed by atoms with Gasteiger partial charge in [0.15, 0.2) is 11.5 Å². The fourth-order valence-electron chi connectivity index (χ4n) is 2.57. The fourth-order valence-corrected chi connectivity index (χ4v) is 4.13. The van der Waals surface area contributed by atoms with Crippen molar-refractivity contribution >= 4 is 68.2 Å². The number of esters is 1. The van der Waals surface area contributed by atoms with Crippen molar-refractivity contribution in [3.63, 3.8) is 0 Å². The maximum Gasteiger partial charge on any atom is 0.308 e. The van der Waals surface area contributed by atoms with E-state index in [0.29, 0.717) is 32.7 Å². The van der Waals surface area contributed by atoms with Gasteiger partial charge in [-0.25, -0.2) is 4.99 Å². The number of hydrogen-bond donors (Lipinski definition) is 0. The molecule has 2 aromatic carbocycles. The third kappa shape index (κ3) is 4.93. The largest absolute Gasteiger partial charge is 0.493 e. The number of carbonyl (C=O) groups excluding carboxylic acids is 2. The van der Waals surface area contributed by atoms with Gasteiger partial charge in [-0.05, 0) is 76.3 Å². The molecule has 0 bridgehead atoms. The Morgan fingerprint density at radius 2 is 1.83 bits per heavy atom. The first-order chi connectivity index (χ1) is 13.8. The Balaban J connectivity index is 2.03. The van der Waals surface area contributed by atoms with E-state index in [1.807, 2.05) is 12.1 Å². The van der Waals surface area contributed by atoms with Gasteiger partial charge in [-0.1, -0.05) is 11.6 Å². The molecular formula is C20H15ClINO5S. The number of halogens is 2. The Bertz CT molecular complexity index is 1040. The van der Waals surface area contributed by atoms with Crippen LogP contribution >= 0.6 is 46.0 Å². The van der Waals surface area contributed by atoms with Gasteiger partial charge in [-0.3, -0.25) is 9.59 Å². The summed E-state index contributed by atoms with van der Waals surface area (Å²) in [5, 5.41) is 0.872. The molecule has 0 N–H and O–H groups in total. The van der Waals surface area contributed by atoms with Crippen molar-refractivity contribution in [3.05, 3.63) is 55.7 Å². The highest BCUT2D eigenvalue weighted by molar-refractivity contribution is 14.1. The van der Waals surface area contributed by atoms with Crippen LogP contribution < -0.4 is 14.2 Å². The lowest BCUT2D eigenvalue weighted by Crippen LogP contribution is -2.05. The number of ether oxygens (including phenoxy) is 3. The summed E-state index contributed by atoms with van der Waals surface area (Å²) >= 11 is 9.47. The highest BCUT2D eigenvalue weighted by Gasteiger charge is 2.25. The highest BCUT2D eigenvalue weighted by atomic mass is 127. The number of thioether (sulfide) groups is 1. The van der Waals surface area contributed by atoms with Crippen molar-refractivity contribution in [1.82, 2.24) is 0 Å². The second kappa shape index (κ2) is 9.19. The maximum atomic E-state index is 12.5. The highest BCUT2D eigenvalue weighted by Crippen LogP contribution is 2.40. The molecular weight excluding hydrogens is 529 g/mol. The van der Waals surface area contributed by atoms with Crippen molar-refractivity contribution < 1.29 is 23.8 Å². The SMILES string of the molecule is COc1cc(/C=C2/N=C(c3cc(I)ccc3Cl)SC2=O)cc(OC)c1OC(C)=O. The molecule has 0 fully saturated rings. The molecule has 9 heteroatoms. The summed E-state index contributed by atoms with van der Waals surface area (Å²) in [4.78, 5) is 28.3. The van der Waals surface area contributed by atoms with Crippen molar-refractivity contribution in [2.45, 2.75) is 6.92 Å². The zero-order valence-corrected chi connectivity index (χ0v) is 19.3. The first-order valence-electron chi connectivity index (χ1n) is 8.24. The molecule has 3 rings (SSSR count). The van der Waals surface area contributed by atoms with Crippen LogP contribution in [0.1, 0.15) is 18.1 Å². The van der Waals surface area contributed by atoms with Crippen LogP contribution in [0.15, 0.2) is 41.0 Å². The number of rotatable bonds is 5. The molecule has 0 unspecified atom stereocenters. The molecule has 6 nitrogen and oxygen atoms in total. The van der Waals surface area contributed by atoms with Gasteiger partial charge in [0.1, 0.15) is 10.7 Å². The van der Waals surface area contributed by atoms with Crippen LogP contribution in [-0.4, -0.2) is 30.3 Å². The molecule has 0 spiro atoms. The maximum absolute atomic E-state index is 12.5. The van der Waals surface area contributed by atoms with Crippen LogP contribution in [-0.2, 0) is 9.59 Å². The summed E-state index contributed by atoms with van der Waals surface area (Å²) in [6, 6.07) is 8.81. The fraction of sp³-hybridized carbons (Fsp3) is 0.150. The van der Waals surface area contributed by atoms with E-state index < -0.39 is 5.97 Å². The van der Waals surface area contributed by atoms with Crippen LogP contribution in [0.2, 0.25) is 5.02 Å². The van der Waals surface area contributed by atoms with Gasteiger partial charge < -0.3 is 14.2 Å². The Kier molecular flexibility index (Phi) is 6.86. The minimum Gasteiger partial charge on any atom is -0.493 e. The third-order valence-corrected chi connectivity index (χ3v) is 5.71. The average Bonchev–Trinajstić information content (AvgIpc) is 3.04. The Hall–Kier alpha value is -2.04. The van der Waals surface area contributed by atoms with Gasteiger partial charge in [0.2, 0.25) is 10.9 Å². The third-order valence-electron chi connectivity index (χ3n) is 3.81. The van der Waals surface area contributed by atoms with E-state index in [1.165, 1.54) is 21.1 Å². The molecule has 29 heavy (non-hydrogen) atoms. The van der Waals surface area contributed by atoms with Crippen molar-refractivity contribution in [2.75, 3.05) is 14.2 Å². The van der Waals surface area contributed by atoms with Crippen LogP contribution in [0.5, 0.6) is 17.2 Å². The normalized spacial score (nSPS) is 14.7. The second-order valence-corrected chi connectivity index (χ2v) is 8.42. The molecule has 2 aromatic rings. The molecule has 0 aromatic heterocycles. The van der Waals surface area contributed by atoms with Gasteiger partial charge in [0.05, 0.1) is 19.2 Å². The van der Waals surface area contributed by atoms with E-state index in [0.717, 1.165) is 15.3 Å². The lowest BCUT2D eigenvalue weighted by molar-refractivity contribution is -0.132. The Morgan fingerprint density at radius 1 is 1.17 bits per heavy atom. The number of nitrogens with zero attached hydrogens (tertiary/aromatic N) is 1. The van der Waals surface area contributed by atoms with Crippen LogP contribution in [0.25, 0.3) is 6.08 Å². The minimum atomic E-state index is -0.501. The van der Waals surface area contributed by atoms with E-state index in [-0.39, 0.29) is 16.6 Å². The summed E-state index contributed by atoms with van der Waals surface area (Å²) in [6.45, 7) is 1.29. The lowest BCUT2D eigenvalue weighted by atomic mass is 10.1. The van der Waals surface area contributed by atoms with Crippen LogP contribution in [0.4, 0.5) is 0 Å². The number of aliphatic imine (C=N–C) groups is 1. The average molecular weight is 544 g/mol. The zero-order chi connectivity index (χ0) is 21.1. The number of benzene rings is 2. The summed E-state index contributed by atoms with van der Waals surface area (Å²) in [5.74, 6) is 0.272. The van der Waals surface area contributed by atoms with E-state index in [9.17, 15) is 9.59 Å². The summed E-state index contributed by atoms with van der Waals surface area (Å²) in [5.41, 5.74) is 1.59. The molecule has 0 saturated heterocycles. The van der Waals surface area contributed by atoms with Crippen molar-refractivity contribution in [2.24, 2.45) is 4.99 Å². The molecule has 150 valence electrons. The van der Waals surface area contributed by atoms with Gasteiger partial charge in [0, 0.05) is 16.1 Å². The van der Waals surface area contributed by atoms with Gasteiger partial charge >= 0.3 is 5.97 Å². The van der Waals surface area contributed by atoms with Crippen molar-refractivity contribution in [1.29, 1.82) is 0 Å². The Morgan fingerprint density at radius 3 is 2.41 bits per heavy atom. The van der Waals surface area contributed by atoms with E-state index >= 15 is 0 Å². The molecule has 1 aliphatic heterocycles. The van der Waals surface area contributed by atoms with Crippen LogP contribution in [0, 0.1) is 3.57 Å². The summed E-state index contributed by atoms with van der Waals surface area (Å²) < 4.78 is 16.8. The van der Waals surface area contributed by atoms with Gasteiger partial charge in [-0.2, -0.15) is 0 Å². The number of methoxy groups -OCH3 is 2. The minimum absolute atomic E-state index is 0.173. The molecule has 1 aliphatic rings. The van der Waals surface area contributed by atoms with E-state index in [2.05, 4.69) is 27.6 Å². The van der Waals surface area contributed by atoms with E-state index in [1.54, 1.807) is 24.3 Å². The quantitative estimate of drug-likeness (QED) is 0.230. The molecule has 1 heterocycles. The number of hydrogen-bond acceptors (Lipinski definition) is 7. The van der Waals surface area contributed by atoms with Crippen LogP contribution in [0.3, 0.4) is 0 Å². The Labute approximate surface area is 190 Å².